The molecule has 0 aromatic carbocycles. The van der Waals surface area contributed by atoms with E-state index in [0.717, 1.165) is 5.41 Å². The van der Waals surface area contributed by atoms with Crippen LogP contribution in [0.15, 0.2) is 11.1 Å². The molecule has 0 aliphatic rings. The molecule has 0 aromatic rings. The van der Waals surface area contributed by atoms with Crippen molar-refractivity contribution in [2.45, 2.75) is 19.6 Å². The van der Waals surface area contributed by atoms with Crippen LogP contribution >= 0.6 is 0 Å². The Morgan fingerprint density at radius 2 is 1.70 bits per heavy atom. The standard InChI is InChI=1S/C5H12O3SSi/c1-10(2,3)5-4-9(6,7)8/h4-5H,1-3H3,(H,6,7,8). The Labute approximate surface area is 62.5 Å². The maximum atomic E-state index is 10.2. The fourth-order valence-corrected chi connectivity index (χ4v) is 2.61. The SMILES string of the molecule is C[Si](C)(C)C=CS(=O)(=O)O. The molecule has 0 saturated carbocycles. The summed E-state index contributed by atoms with van der Waals surface area (Å²) in [6, 6.07) is 0. The van der Waals surface area contributed by atoms with Gasteiger partial charge in [-0.2, -0.15) is 8.42 Å². The second-order valence-electron chi connectivity index (χ2n) is 3.18. The monoisotopic (exact) mass is 180 g/mol. The smallest absolute Gasteiger partial charge is 0.282 e. The van der Waals surface area contributed by atoms with Crippen LogP contribution in [0.4, 0.5) is 0 Å². The maximum Gasteiger partial charge on any atom is 0.286 e. The minimum Gasteiger partial charge on any atom is -0.282 e. The van der Waals surface area contributed by atoms with Gasteiger partial charge in [-0.1, -0.05) is 25.3 Å². The van der Waals surface area contributed by atoms with Gasteiger partial charge in [-0.3, -0.25) is 4.55 Å². The molecule has 5 heteroatoms. The molecule has 0 radical (unpaired) electrons. The quantitative estimate of drug-likeness (QED) is 0.514. The average molecular weight is 180 g/mol. The molecule has 0 fully saturated rings. The molecule has 0 spiro atoms. The fourth-order valence-electron chi connectivity index (χ4n) is 0.290. The zero-order chi connectivity index (χ0) is 8.41. The third-order valence-electron chi connectivity index (χ3n) is 0.740. The first-order valence-corrected chi connectivity index (χ1v) is 7.95. The van der Waals surface area contributed by atoms with Crippen molar-refractivity contribution < 1.29 is 13.0 Å². The van der Waals surface area contributed by atoms with Gasteiger partial charge in [0, 0.05) is 5.41 Å². The molecule has 3 nitrogen and oxygen atoms in total. The largest absolute Gasteiger partial charge is 0.286 e. The lowest BCUT2D eigenvalue weighted by Crippen LogP contribution is -2.16. The van der Waals surface area contributed by atoms with Crippen molar-refractivity contribution >= 4 is 18.2 Å². The van der Waals surface area contributed by atoms with Crippen LogP contribution in [0.5, 0.6) is 0 Å². The Morgan fingerprint density at radius 3 is 1.80 bits per heavy atom. The topological polar surface area (TPSA) is 54.4 Å². The van der Waals surface area contributed by atoms with E-state index in [4.69, 9.17) is 4.55 Å². The van der Waals surface area contributed by atoms with Crippen LogP contribution in [0.3, 0.4) is 0 Å². The Morgan fingerprint density at radius 1 is 1.30 bits per heavy atom. The van der Waals surface area contributed by atoms with Gasteiger partial charge in [0.1, 0.15) is 0 Å². The maximum absolute atomic E-state index is 10.2. The Hall–Kier alpha value is -0.133. The van der Waals surface area contributed by atoms with Crippen molar-refractivity contribution in [3.63, 3.8) is 0 Å². The van der Waals surface area contributed by atoms with Crippen molar-refractivity contribution in [1.82, 2.24) is 0 Å². The highest BCUT2D eigenvalue weighted by molar-refractivity contribution is 7.88. The van der Waals surface area contributed by atoms with Crippen molar-refractivity contribution in [3.8, 4) is 0 Å². The van der Waals surface area contributed by atoms with Gasteiger partial charge in [0.2, 0.25) is 0 Å². The molecule has 60 valence electrons. The van der Waals surface area contributed by atoms with Crippen LogP contribution < -0.4 is 0 Å². The number of hydrogen-bond donors (Lipinski definition) is 1. The van der Waals surface area contributed by atoms with Crippen LogP contribution in [0.1, 0.15) is 0 Å². The van der Waals surface area contributed by atoms with E-state index in [0.29, 0.717) is 0 Å². The minimum atomic E-state index is -3.90. The van der Waals surface area contributed by atoms with E-state index < -0.39 is 18.2 Å². The molecular weight excluding hydrogens is 168 g/mol. The Kier molecular flexibility index (Phi) is 2.82. The van der Waals surface area contributed by atoms with E-state index in [1.165, 1.54) is 0 Å². The minimum absolute atomic E-state index is 0.860. The third-order valence-corrected chi connectivity index (χ3v) is 2.63. The van der Waals surface area contributed by atoms with Crippen LogP contribution in [0.2, 0.25) is 19.6 Å². The third kappa shape index (κ3) is 7.87. The summed E-state index contributed by atoms with van der Waals surface area (Å²) in [7, 11) is -5.39. The summed E-state index contributed by atoms with van der Waals surface area (Å²) in [5.74, 6) is 0. The van der Waals surface area contributed by atoms with Crippen molar-refractivity contribution in [1.29, 1.82) is 0 Å². The van der Waals surface area contributed by atoms with E-state index in [1.54, 1.807) is 5.70 Å². The number of hydrogen-bond acceptors (Lipinski definition) is 2. The fraction of sp³-hybridized carbons (Fsp3) is 0.600. The molecule has 0 unspecified atom stereocenters. The highest BCUT2D eigenvalue weighted by Gasteiger charge is 2.08. The van der Waals surface area contributed by atoms with Gasteiger partial charge in [0.15, 0.2) is 0 Å². The van der Waals surface area contributed by atoms with Crippen LogP contribution in [0.25, 0.3) is 0 Å². The molecule has 10 heavy (non-hydrogen) atoms. The predicted molar refractivity (Wildman–Crippen MR) is 44.0 cm³/mol. The van der Waals surface area contributed by atoms with Crippen molar-refractivity contribution in [2.24, 2.45) is 0 Å². The molecule has 0 aromatic heterocycles. The summed E-state index contributed by atoms with van der Waals surface area (Å²) in [4.78, 5) is 0. The van der Waals surface area contributed by atoms with Gasteiger partial charge in [-0.25, -0.2) is 0 Å². The zero-order valence-electron chi connectivity index (χ0n) is 6.33. The first-order valence-electron chi connectivity index (χ1n) is 2.87. The van der Waals surface area contributed by atoms with Crippen molar-refractivity contribution in [3.05, 3.63) is 11.1 Å². The van der Waals surface area contributed by atoms with Gasteiger partial charge in [0.05, 0.1) is 8.07 Å². The molecule has 0 atom stereocenters. The lowest BCUT2D eigenvalue weighted by atomic mass is 11.2. The molecular formula is C5H12O3SSi. The van der Waals surface area contributed by atoms with Gasteiger partial charge in [-0.15, -0.1) is 0 Å². The molecule has 1 N–H and O–H groups in total. The van der Waals surface area contributed by atoms with Gasteiger partial charge < -0.3 is 0 Å². The van der Waals surface area contributed by atoms with Crippen LogP contribution in [-0.2, 0) is 10.1 Å². The zero-order valence-corrected chi connectivity index (χ0v) is 8.14. The molecule has 0 aliphatic heterocycles. The van der Waals surface area contributed by atoms with E-state index in [-0.39, 0.29) is 0 Å². The lowest BCUT2D eigenvalue weighted by molar-refractivity contribution is 0.494. The molecule has 0 bridgehead atoms. The van der Waals surface area contributed by atoms with Gasteiger partial charge >= 0.3 is 0 Å². The molecule has 0 rings (SSSR count). The van der Waals surface area contributed by atoms with Crippen molar-refractivity contribution in [2.75, 3.05) is 0 Å². The van der Waals surface area contributed by atoms with E-state index in [2.05, 4.69) is 0 Å². The summed E-state index contributed by atoms with van der Waals surface area (Å²) < 4.78 is 28.6. The summed E-state index contributed by atoms with van der Waals surface area (Å²) in [6.45, 7) is 5.94. The Balaban J connectivity index is 4.31. The first kappa shape index (κ1) is 9.87. The summed E-state index contributed by atoms with van der Waals surface area (Å²) in [6.07, 6.45) is 0. The number of rotatable bonds is 2. The Bertz CT molecular complexity index is 222. The van der Waals surface area contributed by atoms with Crippen LogP contribution in [0, 0.1) is 0 Å². The molecule has 0 heterocycles. The van der Waals surface area contributed by atoms with E-state index in [9.17, 15) is 8.42 Å². The van der Waals surface area contributed by atoms with Gasteiger partial charge in [0.25, 0.3) is 10.1 Å². The summed E-state index contributed by atoms with van der Waals surface area (Å²) >= 11 is 0. The molecule has 0 aliphatic carbocycles. The van der Waals surface area contributed by atoms with E-state index >= 15 is 0 Å². The van der Waals surface area contributed by atoms with Crippen LogP contribution in [-0.4, -0.2) is 21.0 Å². The van der Waals surface area contributed by atoms with E-state index in [1.807, 2.05) is 19.6 Å². The normalized spacial score (nSPS) is 14.4. The predicted octanol–water partition coefficient (Wildman–Crippen LogP) is 1.27. The lowest BCUT2D eigenvalue weighted by Gasteiger charge is -2.06. The molecule has 0 amide bonds. The summed E-state index contributed by atoms with van der Waals surface area (Å²) in [5, 5.41) is 0.860. The highest BCUT2D eigenvalue weighted by atomic mass is 32.2. The highest BCUT2D eigenvalue weighted by Crippen LogP contribution is 2.02. The second kappa shape index (κ2) is 2.85. The summed E-state index contributed by atoms with van der Waals surface area (Å²) in [5.41, 5.74) is 1.57. The first-order chi connectivity index (χ1) is 4.21. The second-order valence-corrected chi connectivity index (χ2v) is 9.55. The average Bonchev–Trinajstić information content (AvgIpc) is 1.57. The van der Waals surface area contributed by atoms with Gasteiger partial charge in [-0.05, 0) is 0 Å². The molecule has 0 saturated heterocycles.